The van der Waals surface area contributed by atoms with E-state index >= 15 is 0 Å². The van der Waals surface area contributed by atoms with E-state index in [9.17, 15) is 10.2 Å². The predicted octanol–water partition coefficient (Wildman–Crippen LogP) is 1.84. The fraction of sp³-hybridized carbons (Fsp3) is 0.389. The van der Waals surface area contributed by atoms with Crippen LogP contribution in [0.2, 0.25) is 5.02 Å². The van der Waals surface area contributed by atoms with Crippen molar-refractivity contribution < 1.29 is 19.7 Å². The SMILES string of the molecule is C[C@H]1O[C@@H](n2cnc3c(COCc4ccc(Cl)cc4)ncnc32)[C@H](O)[C@@H]1O. The number of ether oxygens (including phenoxy) is 2. The Morgan fingerprint density at radius 1 is 1.11 bits per heavy atom. The molecule has 0 aliphatic carbocycles. The van der Waals surface area contributed by atoms with E-state index in [0.29, 0.717) is 28.5 Å². The second-order valence-corrected chi connectivity index (χ2v) is 6.91. The standard InChI is InChI=1S/C18H19ClN4O4/c1-10-15(24)16(25)18(27-10)23-9-22-14-13(20-8-21-17(14)23)7-26-6-11-2-4-12(19)5-3-11/h2-5,8-10,15-16,18,24-25H,6-7H2,1H3/t10-,15-,16-,18-/m1/s1. The Balaban J connectivity index is 1.51. The number of hydrogen-bond donors (Lipinski definition) is 2. The molecule has 2 aromatic heterocycles. The maximum atomic E-state index is 10.2. The molecule has 3 aromatic rings. The van der Waals surface area contributed by atoms with E-state index in [2.05, 4.69) is 15.0 Å². The van der Waals surface area contributed by atoms with Crippen molar-refractivity contribution in [2.45, 2.75) is 44.7 Å². The van der Waals surface area contributed by atoms with Crippen LogP contribution in [-0.2, 0) is 22.7 Å². The molecule has 0 spiro atoms. The minimum absolute atomic E-state index is 0.256. The molecule has 3 heterocycles. The van der Waals surface area contributed by atoms with Crippen molar-refractivity contribution in [1.82, 2.24) is 19.5 Å². The first-order valence-corrected chi connectivity index (χ1v) is 8.92. The molecule has 1 aromatic carbocycles. The first-order valence-electron chi connectivity index (χ1n) is 8.55. The number of aromatic nitrogens is 4. The van der Waals surface area contributed by atoms with Gasteiger partial charge in [-0.05, 0) is 24.6 Å². The van der Waals surface area contributed by atoms with Crippen molar-refractivity contribution in [2.75, 3.05) is 0 Å². The quantitative estimate of drug-likeness (QED) is 0.685. The van der Waals surface area contributed by atoms with Crippen molar-refractivity contribution in [1.29, 1.82) is 0 Å². The fourth-order valence-corrected chi connectivity index (χ4v) is 3.22. The average Bonchev–Trinajstić information content (AvgIpc) is 3.20. The highest BCUT2D eigenvalue weighted by Gasteiger charge is 2.42. The molecule has 9 heteroatoms. The third-order valence-corrected chi connectivity index (χ3v) is 4.86. The minimum Gasteiger partial charge on any atom is -0.388 e. The summed E-state index contributed by atoms with van der Waals surface area (Å²) in [7, 11) is 0. The minimum atomic E-state index is -1.06. The van der Waals surface area contributed by atoms with Gasteiger partial charge in [-0.25, -0.2) is 15.0 Å². The summed E-state index contributed by atoms with van der Waals surface area (Å²) in [5.74, 6) is 0. The number of imidazole rings is 1. The number of aliphatic hydroxyl groups is 2. The Hall–Kier alpha value is -2.10. The number of aliphatic hydroxyl groups excluding tert-OH is 2. The molecule has 1 aliphatic rings. The van der Waals surface area contributed by atoms with E-state index in [4.69, 9.17) is 21.1 Å². The Kier molecular flexibility index (Phi) is 5.07. The summed E-state index contributed by atoms with van der Waals surface area (Å²) >= 11 is 5.88. The average molecular weight is 391 g/mol. The molecule has 27 heavy (non-hydrogen) atoms. The van der Waals surface area contributed by atoms with Gasteiger partial charge in [0.25, 0.3) is 0 Å². The number of rotatable bonds is 5. The molecule has 142 valence electrons. The Morgan fingerprint density at radius 3 is 2.59 bits per heavy atom. The van der Waals surface area contributed by atoms with Gasteiger partial charge in [0.15, 0.2) is 11.9 Å². The molecule has 8 nitrogen and oxygen atoms in total. The second kappa shape index (κ2) is 7.49. The summed E-state index contributed by atoms with van der Waals surface area (Å²) in [6.07, 6.45) is -0.304. The first-order chi connectivity index (χ1) is 13.0. The van der Waals surface area contributed by atoms with Gasteiger partial charge in [-0.1, -0.05) is 23.7 Å². The number of nitrogens with zero attached hydrogens (tertiary/aromatic N) is 4. The van der Waals surface area contributed by atoms with E-state index in [1.54, 1.807) is 11.5 Å². The van der Waals surface area contributed by atoms with E-state index in [-0.39, 0.29) is 6.61 Å². The molecule has 4 atom stereocenters. The third-order valence-electron chi connectivity index (χ3n) is 4.61. The number of halogens is 1. The maximum absolute atomic E-state index is 10.2. The van der Waals surface area contributed by atoms with Gasteiger partial charge < -0.3 is 19.7 Å². The van der Waals surface area contributed by atoms with Crippen molar-refractivity contribution in [3.8, 4) is 0 Å². The monoisotopic (exact) mass is 390 g/mol. The van der Waals surface area contributed by atoms with Crippen LogP contribution in [0, 0.1) is 0 Å². The molecule has 0 saturated carbocycles. The van der Waals surface area contributed by atoms with Crippen LogP contribution in [0.25, 0.3) is 11.2 Å². The molecular formula is C18H19ClN4O4. The highest BCUT2D eigenvalue weighted by Crippen LogP contribution is 2.31. The van der Waals surface area contributed by atoms with Crippen LogP contribution in [0.5, 0.6) is 0 Å². The second-order valence-electron chi connectivity index (χ2n) is 6.48. The van der Waals surface area contributed by atoms with Crippen molar-refractivity contribution in [3.63, 3.8) is 0 Å². The van der Waals surface area contributed by atoms with Crippen molar-refractivity contribution in [2.24, 2.45) is 0 Å². The molecule has 0 unspecified atom stereocenters. The van der Waals surface area contributed by atoms with E-state index in [1.807, 2.05) is 24.3 Å². The zero-order chi connectivity index (χ0) is 19.0. The van der Waals surface area contributed by atoms with Gasteiger partial charge in [-0.2, -0.15) is 0 Å². The highest BCUT2D eigenvalue weighted by atomic mass is 35.5. The molecular weight excluding hydrogens is 372 g/mol. The van der Waals surface area contributed by atoms with Crippen LogP contribution < -0.4 is 0 Å². The molecule has 4 rings (SSSR count). The molecule has 1 aliphatic heterocycles. The van der Waals surface area contributed by atoms with Gasteiger partial charge in [-0.3, -0.25) is 4.57 Å². The smallest absolute Gasteiger partial charge is 0.165 e. The summed E-state index contributed by atoms with van der Waals surface area (Å²) in [6, 6.07) is 7.43. The van der Waals surface area contributed by atoms with Crippen molar-refractivity contribution >= 4 is 22.8 Å². The van der Waals surface area contributed by atoms with Crippen LogP contribution in [0.3, 0.4) is 0 Å². The van der Waals surface area contributed by atoms with Crippen molar-refractivity contribution in [3.05, 3.63) is 53.2 Å². The van der Waals surface area contributed by atoms with E-state index < -0.39 is 24.5 Å². The van der Waals surface area contributed by atoms with Gasteiger partial charge in [0.1, 0.15) is 24.1 Å². The lowest BCUT2D eigenvalue weighted by atomic mass is 10.1. The number of hydrogen-bond acceptors (Lipinski definition) is 7. The lowest BCUT2D eigenvalue weighted by Crippen LogP contribution is -2.30. The first kappa shape index (κ1) is 18.3. The van der Waals surface area contributed by atoms with E-state index in [0.717, 1.165) is 5.56 Å². The summed E-state index contributed by atoms with van der Waals surface area (Å²) in [6.45, 7) is 2.38. The topological polar surface area (TPSA) is 103 Å². The Labute approximate surface area is 160 Å². The summed E-state index contributed by atoms with van der Waals surface area (Å²) in [5, 5.41) is 20.8. The molecule has 1 fully saturated rings. The summed E-state index contributed by atoms with van der Waals surface area (Å²) in [5.41, 5.74) is 2.72. The fourth-order valence-electron chi connectivity index (χ4n) is 3.10. The molecule has 0 amide bonds. The zero-order valence-corrected chi connectivity index (χ0v) is 15.3. The van der Waals surface area contributed by atoms with Gasteiger partial charge in [0.05, 0.1) is 31.3 Å². The van der Waals surface area contributed by atoms with Crippen LogP contribution in [0.4, 0.5) is 0 Å². The lowest BCUT2D eigenvalue weighted by molar-refractivity contribution is -0.0299. The molecule has 2 N–H and O–H groups in total. The molecule has 1 saturated heterocycles. The molecule has 0 bridgehead atoms. The van der Waals surface area contributed by atoms with Crippen LogP contribution in [0.1, 0.15) is 24.4 Å². The zero-order valence-electron chi connectivity index (χ0n) is 14.6. The van der Waals surface area contributed by atoms with Gasteiger partial charge >= 0.3 is 0 Å². The van der Waals surface area contributed by atoms with Crippen LogP contribution in [-0.4, -0.2) is 48.0 Å². The summed E-state index contributed by atoms with van der Waals surface area (Å²) < 4.78 is 13.0. The Morgan fingerprint density at radius 2 is 1.89 bits per heavy atom. The maximum Gasteiger partial charge on any atom is 0.165 e. The van der Waals surface area contributed by atoms with Gasteiger partial charge in [-0.15, -0.1) is 0 Å². The van der Waals surface area contributed by atoms with Crippen LogP contribution >= 0.6 is 11.6 Å². The highest BCUT2D eigenvalue weighted by molar-refractivity contribution is 6.30. The third kappa shape index (κ3) is 3.54. The Bertz CT molecular complexity index is 933. The van der Waals surface area contributed by atoms with E-state index in [1.165, 1.54) is 12.7 Å². The number of benzene rings is 1. The van der Waals surface area contributed by atoms with Crippen LogP contribution in [0.15, 0.2) is 36.9 Å². The molecule has 0 radical (unpaired) electrons. The lowest BCUT2D eigenvalue weighted by Gasteiger charge is -2.16. The van der Waals surface area contributed by atoms with Gasteiger partial charge in [0.2, 0.25) is 0 Å². The normalized spacial score (nSPS) is 25.3. The van der Waals surface area contributed by atoms with Gasteiger partial charge in [0, 0.05) is 5.02 Å². The summed E-state index contributed by atoms with van der Waals surface area (Å²) in [4.78, 5) is 12.9. The predicted molar refractivity (Wildman–Crippen MR) is 96.9 cm³/mol. The number of fused-ring (bicyclic) bond motifs is 1. The largest absolute Gasteiger partial charge is 0.388 e.